The average molecular weight is 286 g/mol. The van der Waals surface area contributed by atoms with E-state index in [-0.39, 0.29) is 5.82 Å². The number of nitrogens with one attached hydrogen (secondary N) is 1. The molecule has 16 heavy (non-hydrogen) atoms. The second kappa shape index (κ2) is 7.58. The highest BCUT2D eigenvalue weighted by molar-refractivity contribution is 9.10. The third kappa shape index (κ3) is 4.45. The van der Waals surface area contributed by atoms with Gasteiger partial charge in [0.05, 0.1) is 4.47 Å². The zero-order valence-electron chi connectivity index (χ0n) is 9.47. The van der Waals surface area contributed by atoms with Gasteiger partial charge in [0.25, 0.3) is 0 Å². The van der Waals surface area contributed by atoms with Crippen molar-refractivity contribution >= 4 is 22.0 Å². The van der Waals surface area contributed by atoms with E-state index in [1.807, 2.05) is 18.2 Å². The third-order valence-electron chi connectivity index (χ3n) is 2.19. The number of halogens is 2. The average Bonchev–Trinajstić information content (AvgIpc) is 2.29. The van der Waals surface area contributed by atoms with E-state index in [0.29, 0.717) is 10.0 Å². The summed E-state index contributed by atoms with van der Waals surface area (Å²) in [7, 11) is 0. The molecule has 0 unspecified atom stereocenters. The molecule has 0 amide bonds. The predicted octanol–water partition coefficient (Wildman–Crippen LogP) is 3.99. The van der Waals surface area contributed by atoms with Gasteiger partial charge < -0.3 is 5.32 Å². The Morgan fingerprint density at radius 1 is 1.38 bits per heavy atom. The topological polar surface area (TPSA) is 12.0 Å². The normalized spacial score (nSPS) is 11.2. The number of hydrogen-bond acceptors (Lipinski definition) is 1. The van der Waals surface area contributed by atoms with Gasteiger partial charge in [0.1, 0.15) is 5.82 Å². The van der Waals surface area contributed by atoms with Crippen LogP contribution >= 0.6 is 15.9 Å². The predicted molar refractivity (Wildman–Crippen MR) is 70.9 cm³/mol. The van der Waals surface area contributed by atoms with Crippen LogP contribution in [0.1, 0.15) is 25.3 Å². The number of benzene rings is 1. The molecule has 88 valence electrons. The molecular weight excluding hydrogens is 269 g/mol. The first-order valence-corrected chi connectivity index (χ1v) is 6.36. The summed E-state index contributed by atoms with van der Waals surface area (Å²) in [5.41, 5.74) is 0.630. The minimum atomic E-state index is -0.194. The number of hydrogen-bond donors (Lipinski definition) is 1. The Kier molecular flexibility index (Phi) is 6.34. The van der Waals surface area contributed by atoms with Crippen LogP contribution in [-0.2, 0) is 0 Å². The Bertz CT molecular complexity index is 350. The van der Waals surface area contributed by atoms with Crippen molar-refractivity contribution in [2.24, 2.45) is 0 Å². The highest BCUT2D eigenvalue weighted by Gasteiger charge is 2.01. The molecule has 0 radical (unpaired) electrons. The molecular formula is C13H17BrFN. The van der Waals surface area contributed by atoms with Crippen molar-refractivity contribution in [2.45, 2.75) is 19.8 Å². The first-order valence-electron chi connectivity index (χ1n) is 5.57. The van der Waals surface area contributed by atoms with E-state index in [4.69, 9.17) is 0 Å². The van der Waals surface area contributed by atoms with E-state index in [1.54, 1.807) is 12.1 Å². The first-order chi connectivity index (χ1) is 7.75. The molecule has 1 nitrogen and oxygen atoms in total. The van der Waals surface area contributed by atoms with Gasteiger partial charge in [0.2, 0.25) is 0 Å². The summed E-state index contributed by atoms with van der Waals surface area (Å²) < 4.78 is 14.0. The molecule has 0 spiro atoms. The van der Waals surface area contributed by atoms with Crippen molar-refractivity contribution in [3.05, 3.63) is 40.1 Å². The van der Waals surface area contributed by atoms with Crippen LogP contribution in [-0.4, -0.2) is 13.1 Å². The molecule has 0 aliphatic rings. The van der Waals surface area contributed by atoms with Crippen molar-refractivity contribution in [1.29, 1.82) is 0 Å². The number of rotatable bonds is 6. The molecule has 0 saturated carbocycles. The highest BCUT2D eigenvalue weighted by Crippen LogP contribution is 2.19. The van der Waals surface area contributed by atoms with Crippen molar-refractivity contribution in [1.82, 2.24) is 5.32 Å². The van der Waals surface area contributed by atoms with Crippen LogP contribution in [0, 0.1) is 5.82 Å². The van der Waals surface area contributed by atoms with Crippen molar-refractivity contribution in [3.8, 4) is 0 Å². The Hall–Kier alpha value is -0.670. The molecule has 0 fully saturated rings. The zero-order chi connectivity index (χ0) is 11.8. The van der Waals surface area contributed by atoms with Crippen LogP contribution in [0.4, 0.5) is 4.39 Å². The zero-order valence-corrected chi connectivity index (χ0v) is 11.1. The molecule has 1 N–H and O–H groups in total. The van der Waals surface area contributed by atoms with Gasteiger partial charge in [-0.3, -0.25) is 0 Å². The molecule has 0 aromatic heterocycles. The second-order valence-corrected chi connectivity index (χ2v) is 4.44. The SMILES string of the molecule is CCCNCC/C=C/c1cccc(Br)c1F. The summed E-state index contributed by atoms with van der Waals surface area (Å²) in [6, 6.07) is 5.31. The Morgan fingerprint density at radius 3 is 2.94 bits per heavy atom. The minimum absolute atomic E-state index is 0.194. The van der Waals surface area contributed by atoms with Crippen molar-refractivity contribution < 1.29 is 4.39 Å². The molecule has 0 saturated heterocycles. The van der Waals surface area contributed by atoms with Crippen LogP contribution < -0.4 is 5.32 Å². The molecule has 1 aromatic rings. The van der Waals surface area contributed by atoms with Crippen molar-refractivity contribution in [2.75, 3.05) is 13.1 Å². The van der Waals surface area contributed by atoms with Crippen LogP contribution in [0.3, 0.4) is 0 Å². The monoisotopic (exact) mass is 285 g/mol. The molecule has 0 atom stereocenters. The summed E-state index contributed by atoms with van der Waals surface area (Å²) in [5.74, 6) is -0.194. The largest absolute Gasteiger partial charge is 0.316 e. The van der Waals surface area contributed by atoms with E-state index in [0.717, 1.165) is 25.9 Å². The molecule has 3 heteroatoms. The molecule has 0 bridgehead atoms. The van der Waals surface area contributed by atoms with Gasteiger partial charge in [-0.25, -0.2) is 4.39 Å². The van der Waals surface area contributed by atoms with E-state index in [1.165, 1.54) is 0 Å². The summed E-state index contributed by atoms with van der Waals surface area (Å²) >= 11 is 3.17. The summed E-state index contributed by atoms with van der Waals surface area (Å²) in [6.07, 6.45) is 5.89. The van der Waals surface area contributed by atoms with Crippen molar-refractivity contribution in [3.63, 3.8) is 0 Å². The Labute approximate surface area is 105 Å². The van der Waals surface area contributed by atoms with Gasteiger partial charge in [-0.2, -0.15) is 0 Å². The third-order valence-corrected chi connectivity index (χ3v) is 2.81. The molecule has 1 aromatic carbocycles. The maximum atomic E-state index is 13.5. The lowest BCUT2D eigenvalue weighted by atomic mass is 10.2. The Morgan fingerprint density at radius 2 is 2.19 bits per heavy atom. The van der Waals surface area contributed by atoms with E-state index < -0.39 is 0 Å². The fourth-order valence-electron chi connectivity index (χ4n) is 1.35. The first kappa shape index (κ1) is 13.4. The molecule has 1 rings (SSSR count). The van der Waals surface area contributed by atoms with Crippen LogP contribution in [0.5, 0.6) is 0 Å². The fourth-order valence-corrected chi connectivity index (χ4v) is 1.73. The Balaban J connectivity index is 2.41. The standard InChI is InChI=1S/C13H17BrFN/c1-2-9-16-10-4-3-6-11-7-5-8-12(14)13(11)15/h3,5-8,16H,2,4,9-10H2,1H3/b6-3+. The van der Waals surface area contributed by atoms with Crippen LogP contribution in [0.25, 0.3) is 6.08 Å². The summed E-state index contributed by atoms with van der Waals surface area (Å²) in [4.78, 5) is 0. The lowest BCUT2D eigenvalue weighted by Crippen LogP contribution is -2.14. The van der Waals surface area contributed by atoms with Gasteiger partial charge >= 0.3 is 0 Å². The second-order valence-electron chi connectivity index (χ2n) is 3.58. The quantitative estimate of drug-likeness (QED) is 0.780. The van der Waals surface area contributed by atoms with E-state index >= 15 is 0 Å². The highest BCUT2D eigenvalue weighted by atomic mass is 79.9. The van der Waals surface area contributed by atoms with E-state index in [2.05, 4.69) is 28.2 Å². The van der Waals surface area contributed by atoms with Gasteiger partial charge in [-0.15, -0.1) is 0 Å². The smallest absolute Gasteiger partial charge is 0.144 e. The lowest BCUT2D eigenvalue weighted by molar-refractivity contribution is 0.618. The summed E-state index contributed by atoms with van der Waals surface area (Å²) in [6.45, 7) is 4.12. The summed E-state index contributed by atoms with van der Waals surface area (Å²) in [5, 5.41) is 3.29. The molecule has 0 aliphatic carbocycles. The van der Waals surface area contributed by atoms with E-state index in [9.17, 15) is 4.39 Å². The van der Waals surface area contributed by atoms with Gasteiger partial charge in [0.15, 0.2) is 0 Å². The van der Waals surface area contributed by atoms with Crippen LogP contribution in [0.15, 0.2) is 28.7 Å². The van der Waals surface area contributed by atoms with Gasteiger partial charge in [-0.1, -0.05) is 31.2 Å². The maximum absolute atomic E-state index is 13.5. The van der Waals surface area contributed by atoms with Crippen LogP contribution in [0.2, 0.25) is 0 Å². The fraction of sp³-hybridized carbons (Fsp3) is 0.385. The minimum Gasteiger partial charge on any atom is -0.316 e. The van der Waals surface area contributed by atoms with Gasteiger partial charge in [0, 0.05) is 5.56 Å². The maximum Gasteiger partial charge on any atom is 0.144 e. The lowest BCUT2D eigenvalue weighted by Gasteiger charge is -2.00. The van der Waals surface area contributed by atoms with Gasteiger partial charge in [-0.05, 0) is 47.9 Å². The molecule has 0 aliphatic heterocycles. The molecule has 0 heterocycles.